The van der Waals surface area contributed by atoms with Crippen molar-refractivity contribution >= 4 is 11.8 Å². The first-order valence-electron chi connectivity index (χ1n) is 5.93. The second-order valence-corrected chi connectivity index (χ2v) is 4.06. The molecule has 0 unspecified atom stereocenters. The number of anilines is 1. The number of benzene rings is 2. The highest BCUT2D eigenvalue weighted by molar-refractivity contribution is 5.49. The first-order chi connectivity index (χ1) is 9.24. The molecular weight excluding hydrogens is 240 g/mol. The normalized spacial score (nSPS) is 10.5. The molecule has 0 amide bonds. The third-order valence-electron chi connectivity index (χ3n) is 2.64. The summed E-state index contributed by atoms with van der Waals surface area (Å²) < 4.78 is 0. The number of para-hydroxylation sites is 1. The van der Waals surface area contributed by atoms with E-state index in [9.17, 15) is 10.1 Å². The summed E-state index contributed by atoms with van der Waals surface area (Å²) in [5, 5.41) is 13.5. The predicted molar refractivity (Wildman–Crippen MR) is 76.2 cm³/mol. The number of hydrogen-bond acceptors (Lipinski definition) is 3. The summed E-state index contributed by atoms with van der Waals surface area (Å²) in [6.07, 6.45) is 2.42. The monoisotopic (exact) mass is 254 g/mol. The van der Waals surface area contributed by atoms with Crippen molar-refractivity contribution in [3.8, 4) is 0 Å². The largest absolute Gasteiger partial charge is 0.381 e. The van der Waals surface area contributed by atoms with E-state index in [1.807, 2.05) is 54.6 Å². The SMILES string of the molecule is O=[N+]([O-])C=Cc1ccc(CNc2ccccc2)cc1. The van der Waals surface area contributed by atoms with Crippen LogP contribution in [0.4, 0.5) is 5.69 Å². The number of nitro groups is 1. The zero-order valence-corrected chi connectivity index (χ0v) is 10.3. The third-order valence-corrected chi connectivity index (χ3v) is 2.64. The van der Waals surface area contributed by atoms with Gasteiger partial charge >= 0.3 is 0 Å². The summed E-state index contributed by atoms with van der Waals surface area (Å²) in [5.41, 5.74) is 3.02. The van der Waals surface area contributed by atoms with E-state index in [-0.39, 0.29) is 0 Å². The Morgan fingerprint density at radius 1 is 1.05 bits per heavy atom. The van der Waals surface area contributed by atoms with Gasteiger partial charge in [-0.25, -0.2) is 0 Å². The Kier molecular flexibility index (Phi) is 4.29. The van der Waals surface area contributed by atoms with E-state index in [1.165, 1.54) is 6.08 Å². The molecule has 0 aliphatic heterocycles. The van der Waals surface area contributed by atoms with E-state index < -0.39 is 4.92 Å². The molecule has 0 radical (unpaired) electrons. The molecule has 96 valence electrons. The Balaban J connectivity index is 1.94. The molecule has 0 bridgehead atoms. The maximum atomic E-state index is 10.2. The van der Waals surface area contributed by atoms with Crippen LogP contribution in [0.1, 0.15) is 11.1 Å². The van der Waals surface area contributed by atoms with E-state index >= 15 is 0 Å². The lowest BCUT2D eigenvalue weighted by Crippen LogP contribution is -1.98. The lowest BCUT2D eigenvalue weighted by atomic mass is 10.1. The van der Waals surface area contributed by atoms with Crippen molar-refractivity contribution in [3.05, 3.63) is 82.0 Å². The Bertz CT molecular complexity index is 562. The molecule has 0 saturated heterocycles. The van der Waals surface area contributed by atoms with E-state index in [0.29, 0.717) is 0 Å². The van der Waals surface area contributed by atoms with Crippen molar-refractivity contribution < 1.29 is 4.92 Å². The molecule has 2 aromatic rings. The van der Waals surface area contributed by atoms with Gasteiger partial charge in [0.05, 0.1) is 4.92 Å². The minimum atomic E-state index is -0.467. The fraction of sp³-hybridized carbons (Fsp3) is 0.0667. The zero-order chi connectivity index (χ0) is 13.5. The molecule has 0 fully saturated rings. The molecule has 0 spiro atoms. The van der Waals surface area contributed by atoms with Gasteiger partial charge in [-0.15, -0.1) is 0 Å². The molecule has 4 heteroatoms. The molecule has 2 rings (SSSR count). The quantitative estimate of drug-likeness (QED) is 0.655. The van der Waals surface area contributed by atoms with Crippen LogP contribution in [0.25, 0.3) is 6.08 Å². The summed E-state index contributed by atoms with van der Waals surface area (Å²) in [6, 6.07) is 17.6. The fourth-order valence-corrected chi connectivity index (χ4v) is 1.65. The molecule has 19 heavy (non-hydrogen) atoms. The van der Waals surface area contributed by atoms with Gasteiger partial charge in [0, 0.05) is 18.3 Å². The molecule has 0 saturated carbocycles. The van der Waals surface area contributed by atoms with Crippen LogP contribution < -0.4 is 5.32 Å². The minimum absolute atomic E-state index is 0.467. The lowest BCUT2D eigenvalue weighted by molar-refractivity contribution is -0.400. The Hall–Kier alpha value is -2.62. The molecule has 1 N–H and O–H groups in total. The number of nitrogens with zero attached hydrogens (tertiary/aromatic N) is 1. The van der Waals surface area contributed by atoms with Crippen LogP contribution in [0.5, 0.6) is 0 Å². The van der Waals surface area contributed by atoms with E-state index in [2.05, 4.69) is 5.32 Å². The highest BCUT2D eigenvalue weighted by Crippen LogP contribution is 2.10. The van der Waals surface area contributed by atoms with Gasteiger partial charge in [0.1, 0.15) is 0 Å². The van der Waals surface area contributed by atoms with Gasteiger partial charge in [-0.3, -0.25) is 10.1 Å². The number of hydrogen-bond donors (Lipinski definition) is 1. The number of nitrogens with one attached hydrogen (secondary N) is 1. The van der Waals surface area contributed by atoms with Gasteiger partial charge in [-0.1, -0.05) is 42.5 Å². The van der Waals surface area contributed by atoms with Crippen molar-refractivity contribution in [2.45, 2.75) is 6.54 Å². The minimum Gasteiger partial charge on any atom is -0.381 e. The Labute approximate surface area is 111 Å². The Morgan fingerprint density at radius 2 is 1.74 bits per heavy atom. The standard InChI is InChI=1S/C15H14N2O2/c18-17(19)11-10-13-6-8-14(9-7-13)12-16-15-4-2-1-3-5-15/h1-11,16H,12H2. The third kappa shape index (κ3) is 4.27. The van der Waals surface area contributed by atoms with E-state index in [0.717, 1.165) is 29.6 Å². The van der Waals surface area contributed by atoms with Crippen LogP contribution in [0, 0.1) is 10.1 Å². The molecule has 0 aliphatic rings. The second kappa shape index (κ2) is 6.35. The van der Waals surface area contributed by atoms with Gasteiger partial charge in [-0.05, 0) is 23.3 Å². The van der Waals surface area contributed by atoms with Crippen LogP contribution in [-0.4, -0.2) is 4.92 Å². The van der Waals surface area contributed by atoms with Gasteiger partial charge < -0.3 is 5.32 Å². The van der Waals surface area contributed by atoms with Crippen molar-refractivity contribution in [2.75, 3.05) is 5.32 Å². The lowest BCUT2D eigenvalue weighted by Gasteiger charge is -2.06. The average molecular weight is 254 g/mol. The maximum Gasteiger partial charge on any atom is 0.235 e. The van der Waals surface area contributed by atoms with Crippen LogP contribution in [0.2, 0.25) is 0 Å². The highest BCUT2D eigenvalue weighted by atomic mass is 16.6. The summed E-state index contributed by atoms with van der Waals surface area (Å²) in [7, 11) is 0. The highest BCUT2D eigenvalue weighted by Gasteiger charge is 1.95. The van der Waals surface area contributed by atoms with Crippen LogP contribution in [0.3, 0.4) is 0 Å². The fourth-order valence-electron chi connectivity index (χ4n) is 1.65. The number of rotatable bonds is 5. The molecule has 2 aromatic carbocycles. The molecule has 4 nitrogen and oxygen atoms in total. The molecule has 0 aliphatic carbocycles. The van der Waals surface area contributed by atoms with Crippen molar-refractivity contribution in [1.82, 2.24) is 0 Å². The molecular formula is C15H14N2O2. The summed E-state index contributed by atoms with van der Waals surface area (Å²) >= 11 is 0. The summed E-state index contributed by atoms with van der Waals surface area (Å²) in [5.74, 6) is 0. The van der Waals surface area contributed by atoms with Crippen LogP contribution in [0.15, 0.2) is 60.8 Å². The Morgan fingerprint density at radius 3 is 2.37 bits per heavy atom. The van der Waals surface area contributed by atoms with Crippen LogP contribution in [-0.2, 0) is 6.54 Å². The first kappa shape index (κ1) is 12.8. The van der Waals surface area contributed by atoms with Gasteiger partial charge in [-0.2, -0.15) is 0 Å². The van der Waals surface area contributed by atoms with Crippen molar-refractivity contribution in [3.63, 3.8) is 0 Å². The van der Waals surface area contributed by atoms with E-state index in [4.69, 9.17) is 0 Å². The first-order valence-corrected chi connectivity index (χ1v) is 5.93. The summed E-state index contributed by atoms with van der Waals surface area (Å²) in [6.45, 7) is 0.725. The molecule has 0 heterocycles. The second-order valence-electron chi connectivity index (χ2n) is 4.06. The predicted octanol–water partition coefficient (Wildman–Crippen LogP) is 3.55. The van der Waals surface area contributed by atoms with Gasteiger partial charge in [0.25, 0.3) is 0 Å². The maximum absolute atomic E-state index is 10.2. The van der Waals surface area contributed by atoms with Crippen molar-refractivity contribution in [1.29, 1.82) is 0 Å². The van der Waals surface area contributed by atoms with Gasteiger partial charge in [0.2, 0.25) is 6.20 Å². The summed E-state index contributed by atoms with van der Waals surface area (Å²) in [4.78, 5) is 9.74. The van der Waals surface area contributed by atoms with Gasteiger partial charge in [0.15, 0.2) is 0 Å². The zero-order valence-electron chi connectivity index (χ0n) is 10.3. The molecule has 0 atom stereocenters. The van der Waals surface area contributed by atoms with E-state index in [1.54, 1.807) is 0 Å². The van der Waals surface area contributed by atoms with Crippen molar-refractivity contribution in [2.24, 2.45) is 0 Å². The average Bonchev–Trinajstić information content (AvgIpc) is 2.45. The smallest absolute Gasteiger partial charge is 0.235 e. The topological polar surface area (TPSA) is 55.2 Å². The van der Waals surface area contributed by atoms with Crippen LogP contribution >= 0.6 is 0 Å². The molecule has 0 aromatic heterocycles.